The van der Waals surface area contributed by atoms with Gasteiger partial charge in [-0.3, -0.25) is 19.7 Å². The van der Waals surface area contributed by atoms with E-state index in [0.29, 0.717) is 30.7 Å². The maximum absolute atomic E-state index is 12.7. The van der Waals surface area contributed by atoms with Crippen molar-refractivity contribution in [1.82, 2.24) is 5.32 Å². The third-order valence-electron chi connectivity index (χ3n) is 6.13. The molecule has 4 rings (SSSR count). The molecule has 1 saturated heterocycles. The summed E-state index contributed by atoms with van der Waals surface area (Å²) in [6.07, 6.45) is 5.78. The fourth-order valence-electron chi connectivity index (χ4n) is 4.12. The van der Waals surface area contributed by atoms with E-state index >= 15 is 0 Å². The highest BCUT2D eigenvalue weighted by Gasteiger charge is 2.41. The monoisotopic (exact) mass is 400 g/mol. The summed E-state index contributed by atoms with van der Waals surface area (Å²) < 4.78 is 5.14. The van der Waals surface area contributed by atoms with E-state index in [1.54, 1.807) is 29.2 Å². The average Bonchev–Trinajstić information content (AvgIpc) is 3.49. The van der Waals surface area contributed by atoms with Crippen LogP contribution in [0.4, 0.5) is 11.4 Å². The smallest absolute Gasteiger partial charge is 0.253 e. The van der Waals surface area contributed by atoms with Gasteiger partial charge in [0.05, 0.1) is 6.61 Å². The molecule has 1 aliphatic heterocycles. The molecule has 8 heteroatoms. The average molecular weight is 400 g/mol. The van der Waals surface area contributed by atoms with E-state index < -0.39 is 17.9 Å². The zero-order chi connectivity index (χ0) is 20.4. The van der Waals surface area contributed by atoms with E-state index in [1.165, 1.54) is 6.42 Å². The lowest BCUT2D eigenvalue weighted by Crippen LogP contribution is -2.56. The van der Waals surface area contributed by atoms with Crippen LogP contribution in [0.2, 0.25) is 0 Å². The van der Waals surface area contributed by atoms with Crippen molar-refractivity contribution in [2.75, 3.05) is 30.0 Å². The summed E-state index contributed by atoms with van der Waals surface area (Å²) in [7, 11) is 0. The number of benzene rings is 1. The molecule has 156 valence electrons. The van der Waals surface area contributed by atoms with Crippen LogP contribution in [0.15, 0.2) is 24.3 Å². The van der Waals surface area contributed by atoms with Crippen LogP contribution in [-0.2, 0) is 19.1 Å². The normalized spacial score (nSPS) is 21.9. The highest BCUT2D eigenvalue weighted by Crippen LogP contribution is 2.42. The van der Waals surface area contributed by atoms with Gasteiger partial charge in [-0.2, -0.15) is 0 Å². The Morgan fingerprint density at radius 1 is 1.10 bits per heavy atom. The maximum Gasteiger partial charge on any atom is 0.253 e. The molecule has 29 heavy (non-hydrogen) atoms. The van der Waals surface area contributed by atoms with Gasteiger partial charge >= 0.3 is 0 Å². The molecule has 1 heterocycles. The van der Waals surface area contributed by atoms with E-state index in [1.807, 2.05) is 0 Å². The van der Waals surface area contributed by atoms with E-state index in [4.69, 9.17) is 10.5 Å². The molecule has 2 atom stereocenters. The standard InChI is InChI=1S/C21H28N4O4/c22-20(27)19(24-18(14-4-5-14)13-2-1-3-13)21(28)23-15-6-8-16(9-7-15)25-10-11-29-12-17(25)26/h6-9,13-14,18-19,24H,1-5,10-12H2,(H2,22,27)(H,23,28)/t18?,19-/m0/s1. The first-order valence-electron chi connectivity index (χ1n) is 10.4. The summed E-state index contributed by atoms with van der Waals surface area (Å²) in [6.45, 7) is 1.08. The Morgan fingerprint density at radius 3 is 2.34 bits per heavy atom. The number of nitrogens with zero attached hydrogens (tertiary/aromatic N) is 1. The van der Waals surface area contributed by atoms with Gasteiger partial charge in [-0.1, -0.05) is 6.42 Å². The minimum absolute atomic E-state index is 0.0770. The number of primary amides is 1. The number of hydrogen-bond donors (Lipinski definition) is 3. The minimum Gasteiger partial charge on any atom is -0.370 e. The van der Waals surface area contributed by atoms with Gasteiger partial charge < -0.3 is 20.7 Å². The molecule has 3 fully saturated rings. The third-order valence-corrected chi connectivity index (χ3v) is 6.13. The molecule has 1 aromatic rings. The van der Waals surface area contributed by atoms with Crippen molar-refractivity contribution in [3.63, 3.8) is 0 Å². The summed E-state index contributed by atoms with van der Waals surface area (Å²) in [4.78, 5) is 38.3. The van der Waals surface area contributed by atoms with Gasteiger partial charge in [-0.25, -0.2) is 0 Å². The first-order chi connectivity index (χ1) is 14.0. The Balaban J connectivity index is 1.39. The van der Waals surface area contributed by atoms with Crippen LogP contribution in [0.1, 0.15) is 32.1 Å². The summed E-state index contributed by atoms with van der Waals surface area (Å²) in [5, 5.41) is 6.03. The van der Waals surface area contributed by atoms with E-state index in [2.05, 4.69) is 10.6 Å². The Kier molecular flexibility index (Phi) is 5.82. The van der Waals surface area contributed by atoms with Crippen molar-refractivity contribution in [2.24, 2.45) is 17.6 Å². The number of nitrogens with two attached hydrogens (primary N) is 1. The zero-order valence-electron chi connectivity index (χ0n) is 16.4. The van der Waals surface area contributed by atoms with Gasteiger partial charge in [0.1, 0.15) is 6.61 Å². The van der Waals surface area contributed by atoms with Crippen molar-refractivity contribution in [3.8, 4) is 0 Å². The number of amides is 3. The van der Waals surface area contributed by atoms with E-state index in [-0.39, 0.29) is 18.6 Å². The van der Waals surface area contributed by atoms with Crippen LogP contribution >= 0.6 is 0 Å². The molecule has 0 bridgehead atoms. The van der Waals surface area contributed by atoms with Gasteiger partial charge in [0.25, 0.3) is 11.8 Å². The quantitative estimate of drug-likeness (QED) is 0.564. The number of ether oxygens (including phenoxy) is 1. The van der Waals surface area contributed by atoms with Crippen LogP contribution in [0.5, 0.6) is 0 Å². The van der Waals surface area contributed by atoms with Crippen molar-refractivity contribution < 1.29 is 19.1 Å². The first-order valence-corrected chi connectivity index (χ1v) is 10.4. The summed E-state index contributed by atoms with van der Waals surface area (Å²) in [6, 6.07) is 6.11. The van der Waals surface area contributed by atoms with Crippen molar-refractivity contribution in [3.05, 3.63) is 24.3 Å². The van der Waals surface area contributed by atoms with Crippen LogP contribution in [0.25, 0.3) is 0 Å². The molecule has 2 saturated carbocycles. The SMILES string of the molecule is NC(=O)[C@H](NC(C1CCC1)C1CC1)C(=O)Nc1ccc(N2CCOCC2=O)cc1. The van der Waals surface area contributed by atoms with Crippen molar-refractivity contribution >= 4 is 29.1 Å². The number of rotatable bonds is 8. The van der Waals surface area contributed by atoms with Crippen LogP contribution < -0.4 is 21.3 Å². The van der Waals surface area contributed by atoms with Crippen LogP contribution in [0.3, 0.4) is 0 Å². The number of nitrogens with one attached hydrogen (secondary N) is 2. The predicted molar refractivity (Wildman–Crippen MR) is 108 cm³/mol. The largest absolute Gasteiger partial charge is 0.370 e. The topological polar surface area (TPSA) is 114 Å². The number of morpholine rings is 1. The molecule has 0 radical (unpaired) electrons. The molecule has 8 nitrogen and oxygen atoms in total. The molecule has 0 aromatic heterocycles. The summed E-state index contributed by atoms with van der Waals surface area (Å²) in [5.41, 5.74) is 6.84. The molecular weight excluding hydrogens is 372 g/mol. The van der Waals surface area contributed by atoms with Crippen molar-refractivity contribution in [2.45, 2.75) is 44.2 Å². The molecule has 3 aliphatic rings. The lowest BCUT2D eigenvalue weighted by atomic mass is 9.77. The number of carbonyl (C=O) groups excluding carboxylic acids is 3. The zero-order valence-corrected chi connectivity index (χ0v) is 16.4. The highest BCUT2D eigenvalue weighted by atomic mass is 16.5. The molecule has 1 aromatic carbocycles. The number of carbonyl (C=O) groups is 3. The Hall–Kier alpha value is -2.45. The Labute approximate surface area is 170 Å². The Morgan fingerprint density at radius 2 is 1.79 bits per heavy atom. The number of anilines is 2. The lowest BCUT2D eigenvalue weighted by Gasteiger charge is -2.36. The molecule has 4 N–H and O–H groups in total. The minimum atomic E-state index is -1.05. The fraction of sp³-hybridized carbons (Fsp3) is 0.571. The second-order valence-corrected chi connectivity index (χ2v) is 8.19. The predicted octanol–water partition coefficient (Wildman–Crippen LogP) is 1.01. The Bertz CT molecular complexity index is 773. The van der Waals surface area contributed by atoms with Gasteiger partial charge in [-0.15, -0.1) is 0 Å². The van der Waals surface area contributed by atoms with E-state index in [9.17, 15) is 14.4 Å². The maximum atomic E-state index is 12.7. The van der Waals surface area contributed by atoms with Gasteiger partial charge in [0.2, 0.25) is 5.91 Å². The third kappa shape index (κ3) is 4.59. The molecule has 2 aliphatic carbocycles. The van der Waals surface area contributed by atoms with Crippen molar-refractivity contribution in [1.29, 1.82) is 0 Å². The molecule has 3 amide bonds. The summed E-state index contributed by atoms with van der Waals surface area (Å²) in [5.74, 6) is -0.128. The molecular formula is C21H28N4O4. The van der Waals surface area contributed by atoms with E-state index in [0.717, 1.165) is 31.4 Å². The molecule has 1 unspecified atom stereocenters. The lowest BCUT2D eigenvalue weighted by molar-refractivity contribution is -0.128. The fourth-order valence-corrected chi connectivity index (χ4v) is 4.12. The van der Waals surface area contributed by atoms with Crippen LogP contribution in [0, 0.1) is 11.8 Å². The van der Waals surface area contributed by atoms with Crippen LogP contribution in [-0.4, -0.2) is 49.6 Å². The second-order valence-electron chi connectivity index (χ2n) is 8.19. The highest BCUT2D eigenvalue weighted by molar-refractivity contribution is 6.09. The van der Waals surface area contributed by atoms with Gasteiger partial charge in [0, 0.05) is 24.0 Å². The first kappa shape index (κ1) is 19.8. The van der Waals surface area contributed by atoms with Gasteiger partial charge in [0.15, 0.2) is 6.04 Å². The molecule has 0 spiro atoms. The summed E-state index contributed by atoms with van der Waals surface area (Å²) >= 11 is 0. The second kappa shape index (κ2) is 8.51. The van der Waals surface area contributed by atoms with Gasteiger partial charge in [-0.05, 0) is 61.8 Å². The number of hydrogen-bond acceptors (Lipinski definition) is 5.